The molecule has 0 saturated heterocycles. The molecule has 4 nitrogen and oxygen atoms in total. The highest BCUT2D eigenvalue weighted by molar-refractivity contribution is 6.01. The Balaban J connectivity index is 2.32. The number of amides is 2. The van der Waals surface area contributed by atoms with E-state index in [1.807, 2.05) is 0 Å². The third-order valence-corrected chi connectivity index (χ3v) is 3.42. The molecule has 120 valence electrons. The molecule has 0 spiro atoms. The molecule has 1 aliphatic heterocycles. The predicted molar refractivity (Wildman–Crippen MR) is 70.7 cm³/mol. The van der Waals surface area contributed by atoms with E-state index in [0.717, 1.165) is 12.1 Å². The number of likely N-dealkylation sites (N-methyl/N-ethyl adjacent to an activating group) is 1. The molecule has 1 atom stereocenters. The summed E-state index contributed by atoms with van der Waals surface area (Å²) in [5.74, 6) is -2.96. The summed E-state index contributed by atoms with van der Waals surface area (Å²) in [7, 11) is 0. The van der Waals surface area contributed by atoms with Crippen LogP contribution in [0.5, 0.6) is 0 Å². The van der Waals surface area contributed by atoms with Gasteiger partial charge >= 0.3 is 6.18 Å². The van der Waals surface area contributed by atoms with Crippen molar-refractivity contribution in [3.63, 3.8) is 0 Å². The fraction of sp³-hybridized carbons (Fsp3) is 0.429. The first-order valence-corrected chi connectivity index (χ1v) is 6.66. The summed E-state index contributed by atoms with van der Waals surface area (Å²) in [5, 5.41) is 2.42. The first kappa shape index (κ1) is 16.3. The van der Waals surface area contributed by atoms with Crippen LogP contribution >= 0.6 is 0 Å². The fourth-order valence-corrected chi connectivity index (χ4v) is 2.44. The maximum absolute atomic E-state index is 13.2. The zero-order valence-corrected chi connectivity index (χ0v) is 11.7. The topological polar surface area (TPSA) is 49.4 Å². The molecule has 0 aromatic heterocycles. The smallest absolute Gasteiger partial charge is 0.333 e. The van der Waals surface area contributed by atoms with Crippen LogP contribution in [0.1, 0.15) is 24.8 Å². The highest BCUT2D eigenvalue weighted by Crippen LogP contribution is 2.34. The number of alkyl halides is 3. The van der Waals surface area contributed by atoms with Crippen LogP contribution in [-0.2, 0) is 9.59 Å². The number of nitrogens with zero attached hydrogens (tertiary/aromatic N) is 1. The van der Waals surface area contributed by atoms with Gasteiger partial charge in [-0.25, -0.2) is 4.39 Å². The Kier molecular flexibility index (Phi) is 4.39. The van der Waals surface area contributed by atoms with Gasteiger partial charge in [0.05, 0.1) is 5.92 Å². The van der Waals surface area contributed by atoms with Gasteiger partial charge in [0.1, 0.15) is 12.4 Å². The van der Waals surface area contributed by atoms with Gasteiger partial charge in [-0.15, -0.1) is 0 Å². The van der Waals surface area contributed by atoms with E-state index in [2.05, 4.69) is 5.32 Å². The van der Waals surface area contributed by atoms with Crippen molar-refractivity contribution < 1.29 is 27.2 Å². The van der Waals surface area contributed by atoms with Crippen LogP contribution in [0, 0.1) is 5.82 Å². The monoisotopic (exact) mass is 318 g/mol. The molecule has 0 aliphatic carbocycles. The van der Waals surface area contributed by atoms with E-state index >= 15 is 0 Å². The Morgan fingerprint density at radius 2 is 2.09 bits per heavy atom. The van der Waals surface area contributed by atoms with Crippen molar-refractivity contribution >= 4 is 17.5 Å². The third kappa shape index (κ3) is 3.55. The van der Waals surface area contributed by atoms with E-state index in [9.17, 15) is 27.2 Å². The van der Waals surface area contributed by atoms with E-state index in [-0.39, 0.29) is 18.7 Å². The lowest BCUT2D eigenvalue weighted by Crippen LogP contribution is -2.43. The fourth-order valence-electron chi connectivity index (χ4n) is 2.44. The second-order valence-electron chi connectivity index (χ2n) is 5.00. The quantitative estimate of drug-likeness (QED) is 0.871. The number of hydrogen-bond donors (Lipinski definition) is 1. The lowest BCUT2D eigenvalue weighted by atomic mass is 9.89. The van der Waals surface area contributed by atoms with Crippen molar-refractivity contribution in [3.8, 4) is 0 Å². The number of anilines is 1. The van der Waals surface area contributed by atoms with Crippen molar-refractivity contribution in [2.24, 2.45) is 0 Å². The van der Waals surface area contributed by atoms with E-state index in [4.69, 9.17) is 0 Å². The number of fused-ring (bicyclic) bond motifs is 1. The van der Waals surface area contributed by atoms with Gasteiger partial charge in [-0.2, -0.15) is 13.2 Å². The molecule has 0 bridgehead atoms. The Labute approximate surface area is 124 Å². The van der Waals surface area contributed by atoms with Gasteiger partial charge < -0.3 is 10.2 Å². The second-order valence-corrected chi connectivity index (χ2v) is 5.00. The Morgan fingerprint density at radius 3 is 2.68 bits per heavy atom. The Hall–Kier alpha value is -2.12. The van der Waals surface area contributed by atoms with Crippen molar-refractivity contribution in [2.45, 2.75) is 25.4 Å². The van der Waals surface area contributed by atoms with E-state index in [0.29, 0.717) is 10.5 Å². The van der Waals surface area contributed by atoms with Gasteiger partial charge in [-0.05, 0) is 24.6 Å². The molecule has 0 radical (unpaired) electrons. The van der Waals surface area contributed by atoms with Gasteiger partial charge in [0.25, 0.3) is 0 Å². The minimum Gasteiger partial charge on any atom is -0.333 e. The zero-order valence-electron chi connectivity index (χ0n) is 11.7. The maximum atomic E-state index is 13.2. The molecule has 2 rings (SSSR count). The standard InChI is InChI=1S/C14H14F4N2O2/c1-2-20(7-14(16,17)18)13(22)10-6-12(21)19-11-5-8(15)3-4-9(10)11/h3-5,10H,2,6-7H2,1H3,(H,19,21). The minimum atomic E-state index is -4.52. The summed E-state index contributed by atoms with van der Waals surface area (Å²) in [5.41, 5.74) is 0.448. The summed E-state index contributed by atoms with van der Waals surface area (Å²) < 4.78 is 50.8. The lowest BCUT2D eigenvalue weighted by Gasteiger charge is -2.30. The van der Waals surface area contributed by atoms with Crippen LogP contribution in [0.4, 0.5) is 23.2 Å². The summed E-state index contributed by atoms with van der Waals surface area (Å²) in [6.07, 6.45) is -4.78. The van der Waals surface area contributed by atoms with Crippen LogP contribution in [0.2, 0.25) is 0 Å². The largest absolute Gasteiger partial charge is 0.406 e. The summed E-state index contributed by atoms with van der Waals surface area (Å²) in [6.45, 7) is -0.0813. The number of carbonyl (C=O) groups is 2. The molecular formula is C14H14F4N2O2. The Morgan fingerprint density at radius 1 is 1.41 bits per heavy atom. The number of halogens is 4. The van der Waals surface area contributed by atoms with E-state index in [1.165, 1.54) is 13.0 Å². The molecular weight excluding hydrogens is 304 g/mol. The van der Waals surface area contributed by atoms with Crippen LogP contribution in [-0.4, -0.2) is 36.0 Å². The zero-order chi connectivity index (χ0) is 16.5. The number of benzene rings is 1. The van der Waals surface area contributed by atoms with E-state index < -0.39 is 36.3 Å². The van der Waals surface area contributed by atoms with Crippen molar-refractivity contribution in [3.05, 3.63) is 29.6 Å². The lowest BCUT2D eigenvalue weighted by molar-refractivity contribution is -0.162. The minimum absolute atomic E-state index is 0.123. The molecule has 22 heavy (non-hydrogen) atoms. The Bertz CT molecular complexity index is 601. The van der Waals surface area contributed by atoms with Crippen molar-refractivity contribution in [1.29, 1.82) is 0 Å². The molecule has 1 aromatic rings. The molecule has 1 N–H and O–H groups in total. The van der Waals surface area contributed by atoms with Gasteiger partial charge in [-0.1, -0.05) is 6.07 Å². The predicted octanol–water partition coefficient (Wildman–Crippen LogP) is 2.66. The van der Waals surface area contributed by atoms with Gasteiger partial charge in [0.2, 0.25) is 11.8 Å². The number of carbonyl (C=O) groups excluding carboxylic acids is 2. The highest BCUT2D eigenvalue weighted by atomic mass is 19.4. The average Bonchev–Trinajstić information content (AvgIpc) is 2.41. The van der Waals surface area contributed by atoms with Gasteiger partial charge in [0.15, 0.2) is 0 Å². The van der Waals surface area contributed by atoms with Gasteiger partial charge in [0, 0.05) is 18.7 Å². The normalized spacial score (nSPS) is 17.7. The molecule has 0 saturated carbocycles. The van der Waals surface area contributed by atoms with Crippen LogP contribution < -0.4 is 5.32 Å². The van der Waals surface area contributed by atoms with Crippen LogP contribution in [0.25, 0.3) is 0 Å². The van der Waals surface area contributed by atoms with Crippen molar-refractivity contribution in [1.82, 2.24) is 4.90 Å². The molecule has 0 fully saturated rings. The molecule has 1 unspecified atom stereocenters. The van der Waals surface area contributed by atoms with E-state index in [1.54, 1.807) is 0 Å². The number of nitrogens with one attached hydrogen (secondary N) is 1. The second kappa shape index (κ2) is 5.94. The maximum Gasteiger partial charge on any atom is 0.406 e. The number of rotatable bonds is 3. The van der Waals surface area contributed by atoms with Crippen molar-refractivity contribution in [2.75, 3.05) is 18.4 Å². The summed E-state index contributed by atoms with van der Waals surface area (Å²) >= 11 is 0. The molecule has 1 heterocycles. The molecule has 2 amide bonds. The first-order valence-electron chi connectivity index (χ1n) is 6.66. The summed E-state index contributed by atoms with van der Waals surface area (Å²) in [4.78, 5) is 24.6. The molecule has 1 aromatic carbocycles. The molecule has 1 aliphatic rings. The molecule has 8 heteroatoms. The van der Waals surface area contributed by atoms with Gasteiger partial charge in [-0.3, -0.25) is 9.59 Å². The third-order valence-electron chi connectivity index (χ3n) is 3.42. The SMILES string of the molecule is CCN(CC(F)(F)F)C(=O)C1CC(=O)Nc2cc(F)ccc21. The van der Waals surface area contributed by atoms with Crippen LogP contribution in [0.15, 0.2) is 18.2 Å². The van der Waals surface area contributed by atoms with Crippen LogP contribution in [0.3, 0.4) is 0 Å². The first-order chi connectivity index (χ1) is 10.2. The summed E-state index contributed by atoms with van der Waals surface area (Å²) in [6, 6.07) is 3.47. The average molecular weight is 318 g/mol. The number of hydrogen-bond acceptors (Lipinski definition) is 2. The highest BCUT2D eigenvalue weighted by Gasteiger charge is 2.38.